The van der Waals surface area contributed by atoms with Crippen LogP contribution in [0.15, 0.2) is 24.3 Å². The molecule has 2 aliphatic carbocycles. The lowest BCUT2D eigenvalue weighted by molar-refractivity contribution is -0.142. The molecule has 10 heteroatoms. The van der Waals surface area contributed by atoms with Gasteiger partial charge in [-0.05, 0) is 76.0 Å². The molecule has 0 radical (unpaired) electrons. The van der Waals surface area contributed by atoms with Crippen molar-refractivity contribution in [2.24, 2.45) is 23.7 Å². The molecule has 0 spiro atoms. The Morgan fingerprint density at radius 2 is 1.37 bits per heavy atom. The average molecular weight is 537 g/mol. The van der Waals surface area contributed by atoms with Gasteiger partial charge in [0, 0.05) is 24.2 Å². The first-order valence-electron chi connectivity index (χ1n) is 13.6. The summed E-state index contributed by atoms with van der Waals surface area (Å²) in [5, 5.41) is 5.71. The van der Waals surface area contributed by atoms with E-state index >= 15 is 0 Å². The fourth-order valence-corrected chi connectivity index (χ4v) is 5.31. The Labute approximate surface area is 225 Å². The molecule has 0 aliphatic heterocycles. The summed E-state index contributed by atoms with van der Waals surface area (Å²) in [5.41, 5.74) is 0.599. The second-order valence-corrected chi connectivity index (χ2v) is 10.4. The maximum Gasteiger partial charge on any atom is 0.407 e. The van der Waals surface area contributed by atoms with Crippen LogP contribution in [-0.2, 0) is 28.5 Å². The lowest BCUT2D eigenvalue weighted by Gasteiger charge is -2.23. The minimum atomic E-state index is -0.520. The monoisotopic (exact) mass is 536 g/mol. The van der Waals surface area contributed by atoms with E-state index < -0.39 is 36.3 Å². The topological polar surface area (TPSA) is 129 Å². The van der Waals surface area contributed by atoms with E-state index in [0.29, 0.717) is 60.7 Å². The Morgan fingerprint density at radius 1 is 0.842 bits per heavy atom. The molecule has 2 N–H and O–H groups in total. The van der Waals surface area contributed by atoms with Crippen molar-refractivity contribution in [2.45, 2.75) is 78.4 Å². The van der Waals surface area contributed by atoms with Gasteiger partial charge in [0.15, 0.2) is 0 Å². The summed E-state index contributed by atoms with van der Waals surface area (Å²) >= 11 is 0. The Bertz CT molecular complexity index is 873. The van der Waals surface area contributed by atoms with Gasteiger partial charge in [0.05, 0.1) is 0 Å². The second kappa shape index (κ2) is 15.4. The van der Waals surface area contributed by atoms with Crippen molar-refractivity contribution in [3.05, 3.63) is 24.3 Å². The summed E-state index contributed by atoms with van der Waals surface area (Å²) in [4.78, 5) is 47.7. The van der Waals surface area contributed by atoms with Gasteiger partial charge in [-0.2, -0.15) is 0 Å². The third-order valence-corrected chi connectivity index (χ3v) is 7.45. The molecular formula is C28H44N2O8. The third-order valence-electron chi connectivity index (χ3n) is 7.45. The van der Waals surface area contributed by atoms with Crippen molar-refractivity contribution in [3.8, 4) is 0 Å². The smallest absolute Gasteiger partial charge is 0.407 e. The van der Waals surface area contributed by atoms with Crippen LogP contribution in [0.25, 0.3) is 0 Å². The third kappa shape index (κ3) is 9.68. The van der Waals surface area contributed by atoms with Crippen LogP contribution < -0.4 is 10.6 Å². The zero-order valence-corrected chi connectivity index (χ0v) is 23.2. The molecule has 0 aromatic carbocycles. The van der Waals surface area contributed by atoms with E-state index in [1.807, 2.05) is 13.8 Å². The summed E-state index contributed by atoms with van der Waals surface area (Å²) in [5.74, 6) is 0.916. The standard InChI is InChI=1S/C28H44N2O8/c1-7-21(15-35-25(31)17(3)4)37-27(33)29-12-11-24-19-9-10-23(24)20(13-19)14-30-28(34)38-22(8-2)16-36-26(32)18(5)6/h19-24H,3,5,7-16H2,1-2,4,6H3,(H,29,33)(H,30,34). The van der Waals surface area contributed by atoms with Gasteiger partial charge < -0.3 is 29.6 Å². The molecule has 0 aromatic rings. The number of carbonyl (C=O) groups is 4. The van der Waals surface area contributed by atoms with E-state index in [1.54, 1.807) is 13.8 Å². The van der Waals surface area contributed by atoms with Gasteiger partial charge in [0.2, 0.25) is 0 Å². The van der Waals surface area contributed by atoms with Crippen LogP contribution in [0.2, 0.25) is 0 Å². The molecular weight excluding hydrogens is 492 g/mol. The van der Waals surface area contributed by atoms with E-state index in [0.717, 1.165) is 19.3 Å². The van der Waals surface area contributed by atoms with Crippen LogP contribution in [0.3, 0.4) is 0 Å². The van der Waals surface area contributed by atoms with Crippen LogP contribution >= 0.6 is 0 Å². The number of hydrogen-bond donors (Lipinski definition) is 2. The van der Waals surface area contributed by atoms with Crippen molar-refractivity contribution < 1.29 is 38.1 Å². The number of nitrogens with one attached hydrogen (secondary N) is 2. The summed E-state index contributed by atoms with van der Waals surface area (Å²) in [7, 11) is 0. The molecule has 214 valence electrons. The van der Waals surface area contributed by atoms with Crippen LogP contribution in [0.5, 0.6) is 0 Å². The summed E-state index contributed by atoms with van der Waals surface area (Å²) in [6.45, 7) is 15.0. The van der Waals surface area contributed by atoms with Crippen molar-refractivity contribution in [2.75, 3.05) is 26.3 Å². The minimum Gasteiger partial charge on any atom is -0.458 e. The van der Waals surface area contributed by atoms with Gasteiger partial charge in [0.1, 0.15) is 25.4 Å². The molecule has 2 saturated carbocycles. The van der Waals surface area contributed by atoms with Gasteiger partial charge in [-0.1, -0.05) is 27.0 Å². The molecule has 6 atom stereocenters. The van der Waals surface area contributed by atoms with E-state index in [9.17, 15) is 19.2 Å². The number of ether oxygens (including phenoxy) is 4. The number of alkyl carbamates (subject to hydrolysis) is 2. The Morgan fingerprint density at radius 3 is 1.87 bits per heavy atom. The predicted molar refractivity (Wildman–Crippen MR) is 141 cm³/mol. The lowest BCUT2D eigenvalue weighted by atomic mass is 9.87. The van der Waals surface area contributed by atoms with E-state index in [4.69, 9.17) is 18.9 Å². The first-order valence-corrected chi connectivity index (χ1v) is 13.6. The average Bonchev–Trinajstić information content (AvgIpc) is 3.43. The number of esters is 2. The maximum absolute atomic E-state index is 12.3. The van der Waals surface area contributed by atoms with Crippen LogP contribution in [0.4, 0.5) is 9.59 Å². The first kappa shape index (κ1) is 31.2. The van der Waals surface area contributed by atoms with Crippen molar-refractivity contribution in [1.82, 2.24) is 10.6 Å². The zero-order chi connectivity index (χ0) is 28.2. The first-order chi connectivity index (χ1) is 18.0. The van der Waals surface area contributed by atoms with Crippen molar-refractivity contribution >= 4 is 24.1 Å². The predicted octanol–water partition coefficient (Wildman–Crippen LogP) is 4.29. The molecule has 2 aliphatic rings. The SMILES string of the molecule is C=C(C)C(=O)OCC(CC)OC(=O)NCCC1C2CCC1C(CNC(=O)OC(CC)COC(=O)C(=C)C)C2. The molecule has 2 fully saturated rings. The highest BCUT2D eigenvalue weighted by Crippen LogP contribution is 2.53. The fourth-order valence-electron chi connectivity index (χ4n) is 5.31. The van der Waals surface area contributed by atoms with E-state index in [2.05, 4.69) is 23.8 Å². The molecule has 2 bridgehead atoms. The Kier molecular flexibility index (Phi) is 12.6. The molecule has 2 rings (SSSR count). The number of fused-ring (bicyclic) bond motifs is 2. The normalized spacial score (nSPS) is 23.1. The molecule has 0 saturated heterocycles. The van der Waals surface area contributed by atoms with E-state index in [1.165, 1.54) is 6.42 Å². The fraction of sp³-hybridized carbons (Fsp3) is 0.714. The maximum atomic E-state index is 12.3. The molecule has 0 aromatic heterocycles. The number of hydrogen-bond acceptors (Lipinski definition) is 8. The van der Waals surface area contributed by atoms with Crippen LogP contribution in [0.1, 0.15) is 66.2 Å². The largest absolute Gasteiger partial charge is 0.458 e. The highest BCUT2D eigenvalue weighted by Gasteiger charge is 2.47. The van der Waals surface area contributed by atoms with Gasteiger partial charge in [0.25, 0.3) is 0 Å². The number of rotatable bonds is 15. The van der Waals surface area contributed by atoms with Crippen molar-refractivity contribution in [1.29, 1.82) is 0 Å². The van der Waals surface area contributed by atoms with Crippen LogP contribution in [0, 0.1) is 23.7 Å². The summed E-state index contributed by atoms with van der Waals surface area (Å²) in [6, 6.07) is 0. The highest BCUT2D eigenvalue weighted by molar-refractivity contribution is 5.87. The second-order valence-electron chi connectivity index (χ2n) is 10.4. The summed E-state index contributed by atoms with van der Waals surface area (Å²) in [6.07, 6.45) is 3.17. The van der Waals surface area contributed by atoms with Gasteiger partial charge in [-0.15, -0.1) is 0 Å². The summed E-state index contributed by atoms with van der Waals surface area (Å²) < 4.78 is 21.0. The number of amides is 2. The van der Waals surface area contributed by atoms with Crippen molar-refractivity contribution in [3.63, 3.8) is 0 Å². The Hall–Kier alpha value is -3.04. The highest BCUT2D eigenvalue weighted by atomic mass is 16.6. The molecule has 0 heterocycles. The zero-order valence-electron chi connectivity index (χ0n) is 23.2. The van der Waals surface area contributed by atoms with E-state index in [-0.39, 0.29) is 13.2 Å². The van der Waals surface area contributed by atoms with Gasteiger partial charge in [-0.3, -0.25) is 0 Å². The quantitative estimate of drug-likeness (QED) is 0.180. The minimum absolute atomic E-state index is 0.000104. The molecule has 6 unspecified atom stereocenters. The lowest BCUT2D eigenvalue weighted by Crippen LogP contribution is -2.36. The molecule has 38 heavy (non-hydrogen) atoms. The molecule has 10 nitrogen and oxygen atoms in total. The van der Waals surface area contributed by atoms with Gasteiger partial charge in [-0.25, -0.2) is 19.2 Å². The van der Waals surface area contributed by atoms with Gasteiger partial charge >= 0.3 is 24.1 Å². The van der Waals surface area contributed by atoms with Crippen LogP contribution in [-0.4, -0.2) is 62.6 Å². The Balaban J connectivity index is 1.69. The number of carbonyl (C=O) groups excluding carboxylic acids is 4. The molecule has 2 amide bonds.